The summed E-state index contributed by atoms with van der Waals surface area (Å²) in [7, 11) is 0. The fourth-order valence-corrected chi connectivity index (χ4v) is 2.78. The van der Waals surface area contributed by atoms with E-state index in [9.17, 15) is 4.79 Å². The van der Waals surface area contributed by atoms with E-state index in [1.165, 1.54) is 6.26 Å². The number of pyridine rings is 1. The molecule has 0 saturated carbocycles. The van der Waals surface area contributed by atoms with Crippen molar-refractivity contribution in [3.63, 3.8) is 0 Å². The van der Waals surface area contributed by atoms with Gasteiger partial charge in [0.1, 0.15) is 17.2 Å². The molecule has 0 amide bonds. The number of benzene rings is 1. The number of rotatable bonds is 4. The third-order valence-electron chi connectivity index (χ3n) is 3.77. The molecule has 0 spiro atoms. The van der Waals surface area contributed by atoms with Gasteiger partial charge in [-0.3, -0.25) is 4.79 Å². The Balaban J connectivity index is 1.69. The van der Waals surface area contributed by atoms with Crippen molar-refractivity contribution < 1.29 is 9.21 Å². The molecule has 4 rings (SSSR count). The Hall–Kier alpha value is -3.18. The monoisotopic (exact) mass is 349 g/mol. The lowest BCUT2D eigenvalue weighted by Gasteiger charge is -2.07. The van der Waals surface area contributed by atoms with E-state index in [1.807, 2.05) is 36.4 Å². The summed E-state index contributed by atoms with van der Waals surface area (Å²) in [4.78, 5) is 20.6. The Bertz CT molecular complexity index is 1040. The molecule has 0 atom stereocenters. The maximum absolute atomic E-state index is 12.3. The van der Waals surface area contributed by atoms with E-state index in [-0.39, 0.29) is 11.5 Å². The van der Waals surface area contributed by atoms with Crippen LogP contribution < -0.4 is 0 Å². The SMILES string of the molecule is O=C(c1cn(-c2cccc(-c3cccnc3Cl)c2)cn1)c1ccco1. The molecule has 6 heteroatoms. The highest BCUT2D eigenvalue weighted by molar-refractivity contribution is 6.32. The maximum Gasteiger partial charge on any atom is 0.248 e. The molecule has 0 aliphatic heterocycles. The van der Waals surface area contributed by atoms with Crippen LogP contribution >= 0.6 is 11.6 Å². The van der Waals surface area contributed by atoms with Crippen molar-refractivity contribution >= 4 is 17.4 Å². The number of halogens is 1. The highest BCUT2D eigenvalue weighted by atomic mass is 35.5. The number of aromatic nitrogens is 3. The van der Waals surface area contributed by atoms with Gasteiger partial charge in [0, 0.05) is 23.6 Å². The summed E-state index contributed by atoms with van der Waals surface area (Å²) in [6, 6.07) is 14.8. The molecule has 0 N–H and O–H groups in total. The van der Waals surface area contributed by atoms with Crippen LogP contribution in [0.1, 0.15) is 16.2 Å². The lowest BCUT2D eigenvalue weighted by atomic mass is 10.1. The second kappa shape index (κ2) is 6.37. The van der Waals surface area contributed by atoms with Gasteiger partial charge < -0.3 is 8.98 Å². The first-order valence-corrected chi connectivity index (χ1v) is 7.94. The zero-order valence-electron chi connectivity index (χ0n) is 13.0. The van der Waals surface area contributed by atoms with Crippen LogP contribution in [0.4, 0.5) is 0 Å². The first kappa shape index (κ1) is 15.4. The van der Waals surface area contributed by atoms with E-state index in [0.717, 1.165) is 16.8 Å². The number of furan rings is 1. The van der Waals surface area contributed by atoms with Crippen LogP contribution in [-0.2, 0) is 0 Å². The molecule has 0 aliphatic rings. The fourth-order valence-electron chi connectivity index (χ4n) is 2.55. The van der Waals surface area contributed by atoms with Crippen LogP contribution in [-0.4, -0.2) is 20.3 Å². The summed E-state index contributed by atoms with van der Waals surface area (Å²) < 4.78 is 6.92. The second-order valence-corrected chi connectivity index (χ2v) is 5.72. The second-order valence-electron chi connectivity index (χ2n) is 5.36. The maximum atomic E-state index is 12.3. The molecule has 3 heterocycles. The third kappa shape index (κ3) is 2.97. The topological polar surface area (TPSA) is 60.9 Å². The van der Waals surface area contributed by atoms with E-state index in [4.69, 9.17) is 16.0 Å². The van der Waals surface area contributed by atoms with E-state index >= 15 is 0 Å². The van der Waals surface area contributed by atoms with Gasteiger partial charge in [-0.1, -0.05) is 23.7 Å². The molecule has 122 valence electrons. The summed E-state index contributed by atoms with van der Waals surface area (Å²) in [5.74, 6) is 0.0105. The van der Waals surface area contributed by atoms with Gasteiger partial charge >= 0.3 is 0 Å². The van der Waals surface area contributed by atoms with Gasteiger partial charge in [0.15, 0.2) is 5.76 Å². The van der Waals surface area contributed by atoms with Crippen LogP contribution in [0, 0.1) is 0 Å². The largest absolute Gasteiger partial charge is 0.461 e. The third-order valence-corrected chi connectivity index (χ3v) is 4.08. The summed E-state index contributed by atoms with van der Waals surface area (Å²) in [6.45, 7) is 0. The standard InChI is InChI=1S/C19H12ClN3O2/c20-19-15(6-2-8-21-19)13-4-1-5-14(10-13)23-11-16(22-12-23)18(24)17-7-3-9-25-17/h1-12H. The van der Waals surface area contributed by atoms with Crippen LogP contribution in [0.5, 0.6) is 0 Å². The molecule has 3 aromatic heterocycles. The van der Waals surface area contributed by atoms with Crippen molar-refractivity contribution in [2.45, 2.75) is 0 Å². The van der Waals surface area contributed by atoms with Crippen molar-refractivity contribution in [2.75, 3.05) is 0 Å². The number of hydrogen-bond acceptors (Lipinski definition) is 4. The van der Waals surface area contributed by atoms with Gasteiger partial charge in [-0.15, -0.1) is 0 Å². The molecule has 0 aliphatic carbocycles. The molecule has 25 heavy (non-hydrogen) atoms. The molecule has 0 bridgehead atoms. The predicted octanol–water partition coefficient (Wildman–Crippen LogP) is 4.41. The number of ketones is 1. The Morgan fingerprint density at radius 3 is 2.80 bits per heavy atom. The number of imidazole rings is 1. The Morgan fingerprint density at radius 1 is 1.08 bits per heavy atom. The lowest BCUT2D eigenvalue weighted by molar-refractivity contribution is 0.100. The van der Waals surface area contributed by atoms with E-state index < -0.39 is 0 Å². The first-order valence-electron chi connectivity index (χ1n) is 7.56. The average molecular weight is 350 g/mol. The summed E-state index contributed by atoms with van der Waals surface area (Å²) in [5, 5.41) is 0.443. The fraction of sp³-hybridized carbons (Fsp3) is 0. The lowest BCUT2D eigenvalue weighted by Crippen LogP contribution is -1.99. The van der Waals surface area contributed by atoms with Crippen LogP contribution in [0.15, 0.2) is 77.9 Å². The van der Waals surface area contributed by atoms with Gasteiger partial charge in [-0.25, -0.2) is 9.97 Å². The molecule has 0 saturated heterocycles. The van der Waals surface area contributed by atoms with Crippen LogP contribution in [0.25, 0.3) is 16.8 Å². The summed E-state index contributed by atoms with van der Waals surface area (Å²) in [5.41, 5.74) is 2.96. The van der Waals surface area contributed by atoms with Gasteiger partial charge in [0.2, 0.25) is 5.78 Å². The highest BCUT2D eigenvalue weighted by Crippen LogP contribution is 2.27. The number of hydrogen-bond donors (Lipinski definition) is 0. The Kier molecular flexibility index (Phi) is 3.91. The molecular formula is C19H12ClN3O2. The van der Waals surface area contributed by atoms with E-state index in [0.29, 0.717) is 10.8 Å². The van der Waals surface area contributed by atoms with Crippen molar-refractivity contribution in [2.24, 2.45) is 0 Å². The van der Waals surface area contributed by atoms with Crippen molar-refractivity contribution in [1.82, 2.24) is 14.5 Å². The minimum absolute atomic E-state index is 0.254. The van der Waals surface area contributed by atoms with Gasteiger partial charge in [0.05, 0.1) is 6.26 Å². The molecule has 1 aromatic carbocycles. The molecule has 0 fully saturated rings. The number of nitrogens with zero attached hydrogens (tertiary/aromatic N) is 3. The highest BCUT2D eigenvalue weighted by Gasteiger charge is 2.15. The quantitative estimate of drug-likeness (QED) is 0.404. The molecule has 4 aromatic rings. The summed E-state index contributed by atoms with van der Waals surface area (Å²) in [6.07, 6.45) is 6.39. The van der Waals surface area contributed by atoms with Crippen LogP contribution in [0.3, 0.4) is 0 Å². The normalized spacial score (nSPS) is 10.8. The first-order chi connectivity index (χ1) is 12.2. The van der Waals surface area contributed by atoms with Gasteiger partial charge in [0.25, 0.3) is 0 Å². The van der Waals surface area contributed by atoms with Crippen LogP contribution in [0.2, 0.25) is 5.15 Å². The minimum Gasteiger partial charge on any atom is -0.461 e. The molecule has 5 nitrogen and oxygen atoms in total. The molecule has 0 radical (unpaired) electrons. The minimum atomic E-state index is -0.254. The zero-order valence-corrected chi connectivity index (χ0v) is 13.7. The summed E-state index contributed by atoms with van der Waals surface area (Å²) >= 11 is 6.17. The molecular weight excluding hydrogens is 338 g/mol. The zero-order chi connectivity index (χ0) is 17.2. The van der Waals surface area contributed by atoms with Crippen molar-refractivity contribution in [3.8, 4) is 16.8 Å². The van der Waals surface area contributed by atoms with E-state index in [1.54, 1.807) is 35.4 Å². The molecule has 0 unspecified atom stereocenters. The van der Waals surface area contributed by atoms with Gasteiger partial charge in [-0.2, -0.15) is 0 Å². The average Bonchev–Trinajstić information content (AvgIpc) is 3.34. The van der Waals surface area contributed by atoms with Crippen molar-refractivity contribution in [3.05, 3.63) is 90.1 Å². The number of carbonyl (C=O) groups is 1. The smallest absolute Gasteiger partial charge is 0.248 e. The Labute approximate surface area is 148 Å². The van der Waals surface area contributed by atoms with Gasteiger partial charge in [-0.05, 0) is 42.0 Å². The number of carbonyl (C=O) groups excluding carboxylic acids is 1. The van der Waals surface area contributed by atoms with E-state index in [2.05, 4.69) is 9.97 Å². The Morgan fingerprint density at radius 2 is 2.00 bits per heavy atom. The predicted molar refractivity (Wildman–Crippen MR) is 93.9 cm³/mol. The van der Waals surface area contributed by atoms with Crippen molar-refractivity contribution in [1.29, 1.82) is 0 Å².